The van der Waals surface area contributed by atoms with E-state index in [1.54, 1.807) is 0 Å². The van der Waals surface area contributed by atoms with Crippen LogP contribution in [-0.2, 0) is 28.6 Å². The van der Waals surface area contributed by atoms with E-state index in [9.17, 15) is 14.4 Å². The summed E-state index contributed by atoms with van der Waals surface area (Å²) in [5, 5.41) is 0. The maximum absolute atomic E-state index is 12.8. The van der Waals surface area contributed by atoms with Crippen LogP contribution in [0.3, 0.4) is 0 Å². The quantitative estimate of drug-likeness (QED) is 0.0344. The minimum atomic E-state index is -0.759. The Bertz CT molecular complexity index is 905. The molecule has 1 atom stereocenters. The molecule has 0 spiro atoms. The summed E-state index contributed by atoms with van der Waals surface area (Å²) in [7, 11) is 0. The molecule has 0 aliphatic heterocycles. The monoisotopic (exact) mass is 863 g/mol. The van der Waals surface area contributed by atoms with Gasteiger partial charge >= 0.3 is 17.9 Å². The lowest BCUT2D eigenvalue weighted by atomic mass is 10.0. The van der Waals surface area contributed by atoms with Crippen molar-refractivity contribution < 1.29 is 28.6 Å². The lowest BCUT2D eigenvalue weighted by molar-refractivity contribution is -0.167. The van der Waals surface area contributed by atoms with Gasteiger partial charge in [-0.2, -0.15) is 0 Å². The number of unbranched alkanes of at least 4 members (excludes halogenated alkanes) is 40. The van der Waals surface area contributed by atoms with Crippen molar-refractivity contribution >= 4 is 17.9 Å². The maximum Gasteiger partial charge on any atom is 0.306 e. The predicted molar refractivity (Wildman–Crippen MR) is 261 cm³/mol. The molecular formula is C55H106O6. The molecule has 362 valence electrons. The fourth-order valence-electron chi connectivity index (χ4n) is 8.45. The highest BCUT2D eigenvalue weighted by Gasteiger charge is 2.19. The first-order chi connectivity index (χ1) is 30.0. The zero-order valence-corrected chi connectivity index (χ0v) is 41.5. The average molecular weight is 863 g/mol. The lowest BCUT2D eigenvalue weighted by Gasteiger charge is -2.18. The van der Waals surface area contributed by atoms with Crippen molar-refractivity contribution in [3.8, 4) is 0 Å². The zero-order valence-electron chi connectivity index (χ0n) is 41.5. The van der Waals surface area contributed by atoms with Crippen molar-refractivity contribution in [3.63, 3.8) is 0 Å². The first-order valence-electron chi connectivity index (χ1n) is 27.5. The van der Waals surface area contributed by atoms with Crippen molar-refractivity contribution in [2.75, 3.05) is 13.2 Å². The highest BCUT2D eigenvalue weighted by molar-refractivity contribution is 5.71. The zero-order chi connectivity index (χ0) is 44.4. The van der Waals surface area contributed by atoms with E-state index in [1.807, 2.05) is 0 Å². The molecule has 0 heterocycles. The normalized spacial score (nSPS) is 11.9. The van der Waals surface area contributed by atoms with E-state index in [0.29, 0.717) is 19.3 Å². The second-order valence-electron chi connectivity index (χ2n) is 18.9. The highest BCUT2D eigenvalue weighted by Crippen LogP contribution is 2.17. The summed E-state index contributed by atoms with van der Waals surface area (Å²) in [5.41, 5.74) is 0. The Hall–Kier alpha value is -1.59. The average Bonchev–Trinajstić information content (AvgIpc) is 3.26. The van der Waals surface area contributed by atoms with Crippen LogP contribution >= 0.6 is 0 Å². The van der Waals surface area contributed by atoms with Gasteiger partial charge < -0.3 is 14.2 Å². The number of carbonyl (C=O) groups excluding carboxylic acids is 3. The Balaban J connectivity index is 4.17. The van der Waals surface area contributed by atoms with Crippen LogP contribution in [0, 0.1) is 0 Å². The van der Waals surface area contributed by atoms with Crippen LogP contribution in [0.15, 0.2) is 0 Å². The first-order valence-corrected chi connectivity index (χ1v) is 27.5. The maximum atomic E-state index is 12.8. The van der Waals surface area contributed by atoms with Crippen LogP contribution in [0.25, 0.3) is 0 Å². The Morgan fingerprint density at radius 1 is 0.262 bits per heavy atom. The van der Waals surface area contributed by atoms with E-state index in [4.69, 9.17) is 14.2 Å². The third kappa shape index (κ3) is 49.3. The van der Waals surface area contributed by atoms with Gasteiger partial charge in [0.1, 0.15) is 13.2 Å². The van der Waals surface area contributed by atoms with Crippen molar-refractivity contribution in [3.05, 3.63) is 0 Å². The molecule has 6 nitrogen and oxygen atoms in total. The van der Waals surface area contributed by atoms with Gasteiger partial charge in [0, 0.05) is 19.3 Å². The second kappa shape index (κ2) is 51.0. The molecule has 0 aliphatic carbocycles. The van der Waals surface area contributed by atoms with Crippen LogP contribution in [0.1, 0.15) is 316 Å². The van der Waals surface area contributed by atoms with Gasteiger partial charge in [-0.1, -0.05) is 278 Å². The third-order valence-electron chi connectivity index (χ3n) is 12.6. The van der Waals surface area contributed by atoms with E-state index in [1.165, 1.54) is 218 Å². The van der Waals surface area contributed by atoms with Crippen LogP contribution in [-0.4, -0.2) is 37.2 Å². The number of esters is 3. The van der Waals surface area contributed by atoms with E-state index >= 15 is 0 Å². The molecule has 0 aliphatic rings. The number of hydrogen-bond acceptors (Lipinski definition) is 6. The molecule has 0 rings (SSSR count). The van der Waals surface area contributed by atoms with Gasteiger partial charge in [0.15, 0.2) is 6.10 Å². The molecule has 0 radical (unpaired) electrons. The summed E-state index contributed by atoms with van der Waals surface area (Å²) in [4.78, 5) is 37.9. The Kier molecular flexibility index (Phi) is 49.7. The molecule has 0 amide bonds. The van der Waals surface area contributed by atoms with Gasteiger partial charge in [-0.15, -0.1) is 0 Å². The molecule has 0 bridgehead atoms. The number of hydrogen-bond donors (Lipinski definition) is 0. The second-order valence-corrected chi connectivity index (χ2v) is 18.9. The molecule has 1 unspecified atom stereocenters. The Labute approximate surface area is 380 Å². The van der Waals surface area contributed by atoms with Crippen LogP contribution in [0.2, 0.25) is 0 Å². The van der Waals surface area contributed by atoms with Crippen molar-refractivity contribution in [2.45, 2.75) is 322 Å². The molecule has 0 aromatic rings. The molecule has 0 aromatic carbocycles. The van der Waals surface area contributed by atoms with Crippen molar-refractivity contribution in [2.24, 2.45) is 0 Å². The summed E-state index contributed by atoms with van der Waals surface area (Å²) in [5.74, 6) is -0.841. The van der Waals surface area contributed by atoms with Gasteiger partial charge in [0.2, 0.25) is 0 Å². The molecule has 6 heteroatoms. The SMILES string of the molecule is CCCCCCCCCCCCCCCCCCCCCCCC(=O)OCC(COC(=O)CCCCCCCCCCCC)OC(=O)CCCCCCCCCCCCCC. The number of ether oxygens (including phenoxy) is 3. The van der Waals surface area contributed by atoms with Crippen LogP contribution in [0.4, 0.5) is 0 Å². The smallest absolute Gasteiger partial charge is 0.306 e. The molecule has 0 fully saturated rings. The Morgan fingerprint density at radius 3 is 0.656 bits per heavy atom. The van der Waals surface area contributed by atoms with E-state index in [0.717, 1.165) is 57.8 Å². The minimum absolute atomic E-state index is 0.0617. The fraction of sp³-hybridized carbons (Fsp3) is 0.945. The highest BCUT2D eigenvalue weighted by atomic mass is 16.6. The van der Waals surface area contributed by atoms with Crippen molar-refractivity contribution in [1.82, 2.24) is 0 Å². The molecule has 0 aromatic heterocycles. The summed E-state index contributed by atoms with van der Waals surface area (Å²) in [6.45, 7) is 6.68. The molecule has 61 heavy (non-hydrogen) atoms. The van der Waals surface area contributed by atoms with Gasteiger partial charge in [0.25, 0.3) is 0 Å². The Morgan fingerprint density at radius 2 is 0.443 bits per heavy atom. The van der Waals surface area contributed by atoms with Crippen LogP contribution in [0.5, 0.6) is 0 Å². The lowest BCUT2D eigenvalue weighted by Crippen LogP contribution is -2.30. The van der Waals surface area contributed by atoms with Crippen LogP contribution < -0.4 is 0 Å². The largest absolute Gasteiger partial charge is 0.462 e. The van der Waals surface area contributed by atoms with Gasteiger partial charge in [-0.25, -0.2) is 0 Å². The van der Waals surface area contributed by atoms with Crippen molar-refractivity contribution in [1.29, 1.82) is 0 Å². The predicted octanol–water partition coefficient (Wildman–Crippen LogP) is 18.0. The van der Waals surface area contributed by atoms with Gasteiger partial charge in [-0.05, 0) is 19.3 Å². The number of carbonyl (C=O) groups is 3. The molecule has 0 saturated heterocycles. The molecular weight excluding hydrogens is 757 g/mol. The standard InChI is InChI=1S/C55H106O6/c1-4-7-10-13-16-19-22-24-25-26-27-28-29-30-31-32-34-36-39-42-45-48-54(57)60-51-52(50-59-53(56)47-44-41-38-35-21-18-15-12-9-6-3)61-55(58)49-46-43-40-37-33-23-20-17-14-11-8-5-2/h52H,4-51H2,1-3H3. The number of rotatable bonds is 51. The topological polar surface area (TPSA) is 78.9 Å². The molecule has 0 saturated carbocycles. The summed E-state index contributed by atoms with van der Waals surface area (Å²) in [6.07, 6.45) is 55.3. The fourth-order valence-corrected chi connectivity index (χ4v) is 8.45. The third-order valence-corrected chi connectivity index (χ3v) is 12.6. The minimum Gasteiger partial charge on any atom is -0.462 e. The summed E-state index contributed by atoms with van der Waals surface area (Å²) in [6, 6.07) is 0. The molecule has 0 N–H and O–H groups in total. The summed E-state index contributed by atoms with van der Waals surface area (Å²) < 4.78 is 16.8. The first kappa shape index (κ1) is 59.4. The van der Waals surface area contributed by atoms with E-state index in [2.05, 4.69) is 20.8 Å². The van der Waals surface area contributed by atoms with E-state index in [-0.39, 0.29) is 31.1 Å². The van der Waals surface area contributed by atoms with E-state index < -0.39 is 6.10 Å². The summed E-state index contributed by atoms with van der Waals surface area (Å²) >= 11 is 0. The van der Waals surface area contributed by atoms with Gasteiger partial charge in [-0.3, -0.25) is 14.4 Å². The van der Waals surface area contributed by atoms with Gasteiger partial charge in [0.05, 0.1) is 0 Å².